The van der Waals surface area contributed by atoms with Crippen molar-refractivity contribution in [1.29, 1.82) is 0 Å². The molecular formula is C17H19N3O3. The lowest BCUT2D eigenvalue weighted by Crippen LogP contribution is -2.08. The van der Waals surface area contributed by atoms with E-state index in [-0.39, 0.29) is 6.04 Å². The second-order valence-electron chi connectivity index (χ2n) is 5.04. The molecule has 0 saturated carbocycles. The number of fused-ring (bicyclic) bond motifs is 1. The third-order valence-electron chi connectivity index (χ3n) is 3.44. The lowest BCUT2D eigenvalue weighted by molar-refractivity contribution is 0.337. The molecule has 3 rings (SSSR count). The highest BCUT2D eigenvalue weighted by Gasteiger charge is 2.15. The van der Waals surface area contributed by atoms with Crippen molar-refractivity contribution in [3.63, 3.8) is 0 Å². The van der Waals surface area contributed by atoms with E-state index in [9.17, 15) is 0 Å². The van der Waals surface area contributed by atoms with Crippen LogP contribution in [0.15, 0.2) is 40.9 Å². The number of hydrogen-bond acceptors (Lipinski definition) is 6. The van der Waals surface area contributed by atoms with Gasteiger partial charge in [-0.15, -0.1) is 0 Å². The van der Waals surface area contributed by atoms with Gasteiger partial charge in [0.05, 0.1) is 19.8 Å². The summed E-state index contributed by atoms with van der Waals surface area (Å²) < 4.78 is 16.7. The first-order valence-corrected chi connectivity index (χ1v) is 7.50. The topological polar surface area (TPSA) is 69.4 Å². The number of furan rings is 1. The molecule has 0 saturated heterocycles. The molecule has 0 aliphatic heterocycles. The number of benzene rings is 1. The normalized spacial score (nSPS) is 12.1. The van der Waals surface area contributed by atoms with Crippen molar-refractivity contribution in [1.82, 2.24) is 9.97 Å². The Hall–Kier alpha value is -2.76. The smallest absolute Gasteiger partial charge is 0.226 e. The number of nitrogens with one attached hydrogen (secondary N) is 1. The van der Waals surface area contributed by atoms with E-state index in [2.05, 4.69) is 15.3 Å². The van der Waals surface area contributed by atoms with Gasteiger partial charge in [0.1, 0.15) is 5.76 Å². The molecule has 6 heteroatoms. The van der Waals surface area contributed by atoms with Crippen LogP contribution < -0.4 is 14.8 Å². The number of rotatable bonds is 6. The van der Waals surface area contributed by atoms with Crippen molar-refractivity contribution in [2.24, 2.45) is 0 Å². The Morgan fingerprint density at radius 3 is 2.96 bits per heavy atom. The minimum atomic E-state index is -0.0935. The van der Waals surface area contributed by atoms with Crippen LogP contribution in [-0.4, -0.2) is 23.7 Å². The molecule has 0 fully saturated rings. The van der Waals surface area contributed by atoms with Gasteiger partial charge in [-0.25, -0.2) is 4.98 Å². The molecule has 3 aromatic rings. The minimum absolute atomic E-state index is 0.0935. The van der Waals surface area contributed by atoms with Gasteiger partial charge in [0.15, 0.2) is 11.3 Å². The molecule has 0 radical (unpaired) electrons. The van der Waals surface area contributed by atoms with Gasteiger partial charge in [-0.3, -0.25) is 0 Å². The van der Waals surface area contributed by atoms with E-state index < -0.39 is 0 Å². The Morgan fingerprint density at radius 1 is 1.30 bits per heavy atom. The summed E-state index contributed by atoms with van der Waals surface area (Å²) in [6.07, 6.45) is 1.65. The zero-order valence-electron chi connectivity index (χ0n) is 13.4. The van der Waals surface area contributed by atoms with E-state index in [0.29, 0.717) is 18.4 Å². The van der Waals surface area contributed by atoms with Crippen molar-refractivity contribution in [3.8, 4) is 11.6 Å². The highest BCUT2D eigenvalue weighted by Crippen LogP contribution is 2.31. The molecule has 1 aromatic carbocycles. The molecule has 0 amide bonds. The monoisotopic (exact) mass is 313 g/mol. The van der Waals surface area contributed by atoms with Crippen LogP contribution in [0.3, 0.4) is 0 Å². The van der Waals surface area contributed by atoms with Crippen LogP contribution in [0, 0.1) is 0 Å². The third-order valence-corrected chi connectivity index (χ3v) is 3.44. The summed E-state index contributed by atoms with van der Waals surface area (Å²) >= 11 is 0. The zero-order valence-corrected chi connectivity index (χ0v) is 13.4. The van der Waals surface area contributed by atoms with Gasteiger partial charge in [0.25, 0.3) is 0 Å². The molecule has 1 atom stereocenters. The van der Waals surface area contributed by atoms with E-state index in [1.807, 2.05) is 38.1 Å². The number of para-hydroxylation sites is 1. The van der Waals surface area contributed by atoms with Gasteiger partial charge < -0.3 is 19.2 Å². The molecule has 2 heterocycles. The van der Waals surface area contributed by atoms with Gasteiger partial charge in [-0.2, -0.15) is 4.98 Å². The lowest BCUT2D eigenvalue weighted by Gasteiger charge is -2.11. The van der Waals surface area contributed by atoms with E-state index in [1.165, 1.54) is 0 Å². The van der Waals surface area contributed by atoms with Crippen LogP contribution in [0.1, 0.15) is 25.6 Å². The van der Waals surface area contributed by atoms with Crippen LogP contribution in [0.4, 0.5) is 5.95 Å². The summed E-state index contributed by atoms with van der Waals surface area (Å²) in [5, 5.41) is 4.21. The first kappa shape index (κ1) is 15.1. The fourth-order valence-corrected chi connectivity index (χ4v) is 2.33. The van der Waals surface area contributed by atoms with Crippen LogP contribution in [0.5, 0.6) is 11.6 Å². The fraction of sp³-hybridized carbons (Fsp3) is 0.294. The molecule has 2 aromatic heterocycles. The van der Waals surface area contributed by atoms with E-state index in [0.717, 1.165) is 22.5 Å². The Bertz CT molecular complexity index is 801. The predicted molar refractivity (Wildman–Crippen MR) is 88.0 cm³/mol. The maximum atomic E-state index is 5.97. The van der Waals surface area contributed by atoms with Crippen LogP contribution in [0.2, 0.25) is 0 Å². The Kier molecular flexibility index (Phi) is 4.32. The van der Waals surface area contributed by atoms with Crippen LogP contribution in [0.25, 0.3) is 11.0 Å². The van der Waals surface area contributed by atoms with E-state index in [1.54, 1.807) is 19.4 Å². The second-order valence-corrected chi connectivity index (χ2v) is 5.04. The van der Waals surface area contributed by atoms with Crippen molar-refractivity contribution < 1.29 is 13.9 Å². The Morgan fingerprint density at radius 2 is 2.17 bits per heavy atom. The number of nitrogens with zero attached hydrogens (tertiary/aromatic N) is 2. The third kappa shape index (κ3) is 3.21. The molecule has 0 spiro atoms. The minimum Gasteiger partial charge on any atom is -0.490 e. The summed E-state index contributed by atoms with van der Waals surface area (Å²) in [5.74, 6) is 2.54. The molecule has 0 bridgehead atoms. The van der Waals surface area contributed by atoms with Crippen molar-refractivity contribution >= 4 is 16.9 Å². The second kappa shape index (κ2) is 6.56. The molecular weight excluding hydrogens is 294 g/mol. The zero-order chi connectivity index (χ0) is 16.2. The first-order chi connectivity index (χ1) is 11.2. The number of anilines is 1. The van der Waals surface area contributed by atoms with Crippen molar-refractivity contribution in [3.05, 3.63) is 42.3 Å². The Labute approximate surface area is 134 Å². The quantitative estimate of drug-likeness (QED) is 0.746. The first-order valence-electron chi connectivity index (χ1n) is 7.50. The average Bonchev–Trinajstić information content (AvgIpc) is 3.01. The van der Waals surface area contributed by atoms with Gasteiger partial charge in [0, 0.05) is 17.6 Å². The summed E-state index contributed by atoms with van der Waals surface area (Å²) in [4.78, 5) is 8.43. The highest BCUT2D eigenvalue weighted by molar-refractivity contribution is 5.83. The average molecular weight is 313 g/mol. The summed E-state index contributed by atoms with van der Waals surface area (Å²) in [6.45, 7) is 4.54. The van der Waals surface area contributed by atoms with Crippen LogP contribution in [-0.2, 0) is 0 Å². The molecule has 1 N–H and O–H groups in total. The molecule has 6 nitrogen and oxygen atoms in total. The fourth-order valence-electron chi connectivity index (χ4n) is 2.33. The summed E-state index contributed by atoms with van der Waals surface area (Å²) in [6, 6.07) is 9.46. The van der Waals surface area contributed by atoms with E-state index >= 15 is 0 Å². The molecule has 23 heavy (non-hydrogen) atoms. The Balaban J connectivity index is 1.85. The van der Waals surface area contributed by atoms with Gasteiger partial charge in [-0.05, 0) is 26.0 Å². The van der Waals surface area contributed by atoms with Crippen molar-refractivity contribution in [2.75, 3.05) is 19.0 Å². The molecule has 120 valence electrons. The maximum Gasteiger partial charge on any atom is 0.226 e. The highest BCUT2D eigenvalue weighted by atomic mass is 16.5. The molecule has 0 unspecified atom stereocenters. The number of hydrogen-bond donors (Lipinski definition) is 1. The van der Waals surface area contributed by atoms with E-state index in [4.69, 9.17) is 13.9 Å². The maximum absolute atomic E-state index is 5.97. The molecule has 0 aliphatic rings. The molecule has 0 aliphatic carbocycles. The SMILES string of the molecule is CCOc1cccc2cc([C@H](C)Nc3nccc(OC)n3)oc12. The van der Waals surface area contributed by atoms with Gasteiger partial charge in [-0.1, -0.05) is 12.1 Å². The van der Waals surface area contributed by atoms with Gasteiger partial charge in [0.2, 0.25) is 11.8 Å². The summed E-state index contributed by atoms with van der Waals surface area (Å²) in [5.41, 5.74) is 0.754. The lowest BCUT2D eigenvalue weighted by atomic mass is 10.2. The number of aromatic nitrogens is 2. The largest absolute Gasteiger partial charge is 0.490 e. The standard InChI is InChI=1S/C17H19N3O3/c1-4-22-13-7-5-6-12-10-14(23-16(12)13)11(2)19-17-18-9-8-15(20-17)21-3/h5-11H,4H2,1-3H3,(H,18,19,20)/t11-/m0/s1. The summed E-state index contributed by atoms with van der Waals surface area (Å²) in [7, 11) is 1.57. The number of methoxy groups -OCH3 is 1. The van der Waals surface area contributed by atoms with Gasteiger partial charge >= 0.3 is 0 Å². The van der Waals surface area contributed by atoms with Crippen molar-refractivity contribution in [2.45, 2.75) is 19.9 Å². The van der Waals surface area contributed by atoms with Crippen LogP contribution >= 0.6 is 0 Å². The predicted octanol–water partition coefficient (Wildman–Crippen LogP) is 3.80. The number of ether oxygens (including phenoxy) is 2.